The Balaban J connectivity index is 0.000000167. The Kier molecular flexibility index (Phi) is 36.2. The zero-order valence-corrected chi connectivity index (χ0v) is 84.6. The Morgan fingerprint density at radius 1 is 0.196 bits per heavy atom. The molecule has 4 nitrogen and oxygen atoms in total. The molecule has 0 aliphatic heterocycles. The van der Waals surface area contributed by atoms with Crippen LogP contribution in [0.5, 0.6) is 0 Å². The second-order valence-electron chi connectivity index (χ2n) is 26.0. The number of nitrogens with zero attached hydrogens (tertiary/aromatic N) is 4. The van der Waals surface area contributed by atoms with Crippen molar-refractivity contribution < 1.29 is 262 Å². The van der Waals surface area contributed by atoms with Gasteiger partial charge in [0.2, 0.25) is 0 Å². The summed E-state index contributed by atoms with van der Waals surface area (Å²) in [5.41, 5.74) is 23.7. The summed E-state index contributed by atoms with van der Waals surface area (Å²) in [5.74, 6) is 0. The van der Waals surface area contributed by atoms with E-state index in [-0.39, 0.29) is 262 Å². The SMILES string of the molecule is [Y].[Y].[Y].[Y].[Y].[Y].[Y].[Y].[c-]1ccccc1-c1[c-]c2c(cc1)c1ccccc1n2Cc1ccccc1.[c-]1ccccc1-c1[c-]cc2c(c1)c1ccccc1n2Cc1ccccc1.[c-]1ccccc1-c1[c-]cc2c3ccccc3n(Cc3ccccc3)c2c1.[c-]1ccccc1-c1[c-]ccc2c3ccccc3n(Cc3ccccc3)c12. The van der Waals surface area contributed by atoms with Crippen molar-refractivity contribution in [2.24, 2.45) is 0 Å². The molecule has 8 radical (unpaired) electrons. The van der Waals surface area contributed by atoms with Crippen LogP contribution in [0.2, 0.25) is 0 Å². The molecule has 520 valence electrons. The number of hydrogen-bond acceptors (Lipinski definition) is 0. The van der Waals surface area contributed by atoms with Crippen molar-refractivity contribution in [1.82, 2.24) is 18.3 Å². The van der Waals surface area contributed by atoms with E-state index in [9.17, 15) is 0 Å². The second-order valence-corrected chi connectivity index (χ2v) is 26.0. The molecule has 0 saturated carbocycles. The maximum absolute atomic E-state index is 3.65. The summed E-state index contributed by atoms with van der Waals surface area (Å²) in [7, 11) is 0. The standard InChI is InChI=1S/4C25H17N.8Y/c1-3-10-19(11-4-1)18-26-24-17-8-7-14-22(24)23-16-9-15-21(25(23)26)20-12-5-2-6-13-20;1-3-9-19(10-4-1)18-26-24-14-8-7-13-22(24)23-17-21(15-16-25(23)26)20-11-5-2-6-12-20;2*1-3-9-19(10-4-1)18-26-24-14-8-7-13-22(24)23-16-15-21(17-25(23)26)20-11-5-2-6-12-20;;;;;;;;/h1-12,14,16-17H,18H2;2*1-11,13-14,16-17H,18H2;1-11,13-16H,18H2;;;;;;;;/q4*-2;;;;;;;;. The summed E-state index contributed by atoms with van der Waals surface area (Å²) in [6.45, 7) is 3.38. The van der Waals surface area contributed by atoms with Gasteiger partial charge in [-0.3, -0.25) is 0 Å². The molecule has 0 fully saturated rings. The Hall–Kier alpha value is -4.45. The molecule has 12 heteroatoms. The van der Waals surface area contributed by atoms with Gasteiger partial charge in [-0.15, -0.1) is 48.5 Å². The average Bonchev–Trinajstić information content (AvgIpc) is 1.60. The van der Waals surface area contributed by atoms with Gasteiger partial charge in [0.25, 0.3) is 0 Å². The van der Waals surface area contributed by atoms with Crippen LogP contribution in [-0.2, 0) is 288 Å². The Labute approximate surface area is 858 Å². The number of benzene rings is 16. The fourth-order valence-corrected chi connectivity index (χ4v) is 14.6. The maximum Gasteiger partial charge on any atom is 0.0464 e. The van der Waals surface area contributed by atoms with E-state index < -0.39 is 0 Å². The smallest absolute Gasteiger partial charge is 0.0464 e. The molecular weight excluding hydrogens is 1970 g/mol. The van der Waals surface area contributed by atoms with E-state index in [1.165, 1.54) is 104 Å². The normalized spacial score (nSPS) is 10.4. The van der Waals surface area contributed by atoms with Crippen LogP contribution in [0, 0.1) is 48.5 Å². The van der Waals surface area contributed by atoms with Gasteiger partial charge >= 0.3 is 0 Å². The van der Waals surface area contributed by atoms with Crippen molar-refractivity contribution >= 4 is 87.2 Å². The minimum atomic E-state index is 0. The van der Waals surface area contributed by atoms with Crippen LogP contribution in [0.15, 0.2) is 364 Å². The van der Waals surface area contributed by atoms with Crippen molar-refractivity contribution in [1.29, 1.82) is 0 Å². The predicted molar refractivity (Wildman–Crippen MR) is 432 cm³/mol. The Bertz CT molecular complexity index is 6120. The number of aromatic nitrogens is 4. The van der Waals surface area contributed by atoms with E-state index in [0.29, 0.717) is 0 Å². The largest absolute Gasteiger partial charge is 0.385 e. The minimum absolute atomic E-state index is 0. The minimum Gasteiger partial charge on any atom is -0.385 e. The zero-order valence-electron chi connectivity index (χ0n) is 61.9. The first-order valence-corrected chi connectivity index (χ1v) is 35.4. The van der Waals surface area contributed by atoms with Crippen LogP contribution in [0.3, 0.4) is 0 Å². The molecule has 0 aliphatic rings. The summed E-state index contributed by atoms with van der Waals surface area (Å²) in [6, 6.07) is 154. The third-order valence-electron chi connectivity index (χ3n) is 19.5. The summed E-state index contributed by atoms with van der Waals surface area (Å²) < 4.78 is 9.56. The second kappa shape index (κ2) is 44.4. The molecule has 112 heavy (non-hydrogen) atoms. The van der Waals surface area contributed by atoms with E-state index in [0.717, 1.165) is 76.2 Å². The van der Waals surface area contributed by atoms with E-state index >= 15 is 0 Å². The third kappa shape index (κ3) is 20.6. The molecule has 0 aliphatic carbocycles. The molecule has 16 aromatic carbocycles. The maximum atomic E-state index is 3.65. The Morgan fingerprint density at radius 3 is 1.03 bits per heavy atom. The van der Waals surface area contributed by atoms with Crippen LogP contribution in [0.4, 0.5) is 0 Å². The number of fused-ring (bicyclic) bond motifs is 12. The number of hydrogen-bond donors (Lipinski definition) is 0. The number of para-hydroxylation sites is 4. The molecule has 4 heterocycles. The molecular formula is C100H68N4Y8-8. The van der Waals surface area contributed by atoms with Crippen molar-refractivity contribution in [3.8, 4) is 44.5 Å². The molecule has 0 N–H and O–H groups in total. The third-order valence-corrected chi connectivity index (χ3v) is 19.5. The van der Waals surface area contributed by atoms with Crippen LogP contribution in [0.25, 0.3) is 132 Å². The quantitative estimate of drug-likeness (QED) is 0.109. The summed E-state index contributed by atoms with van der Waals surface area (Å²) in [6.07, 6.45) is 0. The molecule has 20 aromatic rings. The molecule has 0 amide bonds. The van der Waals surface area contributed by atoms with Gasteiger partial charge in [0.15, 0.2) is 0 Å². The van der Waals surface area contributed by atoms with E-state index in [2.05, 4.69) is 358 Å². The van der Waals surface area contributed by atoms with E-state index in [1.54, 1.807) is 0 Å². The molecule has 0 bridgehead atoms. The summed E-state index contributed by atoms with van der Waals surface area (Å²) in [4.78, 5) is 0. The van der Waals surface area contributed by atoms with Crippen molar-refractivity contribution in [2.45, 2.75) is 26.2 Å². The van der Waals surface area contributed by atoms with Gasteiger partial charge in [0, 0.05) is 310 Å². The topological polar surface area (TPSA) is 19.7 Å². The van der Waals surface area contributed by atoms with Gasteiger partial charge in [-0.1, -0.05) is 221 Å². The number of rotatable bonds is 12. The molecule has 20 rings (SSSR count). The van der Waals surface area contributed by atoms with Crippen molar-refractivity contribution in [3.05, 3.63) is 435 Å². The van der Waals surface area contributed by atoms with Gasteiger partial charge in [-0.25, -0.2) is 44.5 Å². The zero-order chi connectivity index (χ0) is 69.4. The van der Waals surface area contributed by atoms with Gasteiger partial charge in [-0.2, -0.15) is 146 Å². The first kappa shape index (κ1) is 91.4. The van der Waals surface area contributed by atoms with Crippen LogP contribution in [-0.4, -0.2) is 18.3 Å². The average molecular weight is 2040 g/mol. The van der Waals surface area contributed by atoms with Gasteiger partial charge in [-0.05, 0) is 84.6 Å². The van der Waals surface area contributed by atoms with Crippen molar-refractivity contribution in [3.63, 3.8) is 0 Å². The van der Waals surface area contributed by atoms with E-state index in [1.807, 2.05) is 72.8 Å². The molecule has 4 aromatic heterocycles. The van der Waals surface area contributed by atoms with E-state index in [4.69, 9.17) is 0 Å². The summed E-state index contributed by atoms with van der Waals surface area (Å²) in [5, 5.41) is 10.1. The fourth-order valence-electron chi connectivity index (χ4n) is 14.6. The first-order chi connectivity index (χ1) is 51.6. The molecule has 0 spiro atoms. The van der Waals surface area contributed by atoms with Crippen molar-refractivity contribution in [2.75, 3.05) is 0 Å². The van der Waals surface area contributed by atoms with Gasteiger partial charge < -0.3 is 18.3 Å². The fraction of sp³-hybridized carbons (Fsp3) is 0.0400. The van der Waals surface area contributed by atoms with Crippen LogP contribution in [0.1, 0.15) is 22.3 Å². The first-order valence-electron chi connectivity index (χ1n) is 35.4. The van der Waals surface area contributed by atoms with Gasteiger partial charge in [0.05, 0.1) is 0 Å². The molecule has 0 atom stereocenters. The van der Waals surface area contributed by atoms with Crippen LogP contribution < -0.4 is 0 Å². The molecule has 0 saturated heterocycles. The van der Waals surface area contributed by atoms with Gasteiger partial charge in [0.1, 0.15) is 0 Å². The monoisotopic (exact) mass is 2040 g/mol. The Morgan fingerprint density at radius 2 is 0.554 bits per heavy atom. The summed E-state index contributed by atoms with van der Waals surface area (Å²) >= 11 is 0. The van der Waals surface area contributed by atoms with Crippen LogP contribution >= 0.6 is 0 Å². The molecule has 0 unspecified atom stereocenters. The predicted octanol–water partition coefficient (Wildman–Crippen LogP) is 24.4.